The van der Waals surface area contributed by atoms with Crippen molar-refractivity contribution in [1.82, 2.24) is 10.3 Å². The van der Waals surface area contributed by atoms with Gasteiger partial charge in [0.15, 0.2) is 11.5 Å². The van der Waals surface area contributed by atoms with Crippen LogP contribution in [0.15, 0.2) is 23.6 Å². The molecule has 1 saturated carbocycles. The number of thiazole rings is 1. The van der Waals surface area contributed by atoms with E-state index < -0.39 is 0 Å². The number of hydrogen-bond acceptors (Lipinski definition) is 6. The van der Waals surface area contributed by atoms with Crippen LogP contribution in [0.2, 0.25) is 0 Å². The fourth-order valence-corrected chi connectivity index (χ4v) is 4.01. The van der Waals surface area contributed by atoms with Crippen LogP contribution in [0.3, 0.4) is 0 Å². The van der Waals surface area contributed by atoms with Gasteiger partial charge in [-0.25, -0.2) is 4.98 Å². The summed E-state index contributed by atoms with van der Waals surface area (Å²) >= 11 is 1.52. The third-order valence-corrected chi connectivity index (χ3v) is 5.60. The molecule has 1 amide bonds. The van der Waals surface area contributed by atoms with Crippen molar-refractivity contribution >= 4 is 17.2 Å². The predicted molar refractivity (Wildman–Crippen MR) is 103 cm³/mol. The number of rotatable bonds is 6. The first-order valence-electron chi connectivity index (χ1n) is 8.80. The van der Waals surface area contributed by atoms with Gasteiger partial charge in [-0.2, -0.15) is 0 Å². The van der Waals surface area contributed by atoms with Gasteiger partial charge in [0.05, 0.1) is 26.3 Å². The Balaban J connectivity index is 1.62. The molecule has 6 nitrogen and oxygen atoms in total. The first-order chi connectivity index (χ1) is 12.6. The minimum atomic E-state index is 0.0228. The number of amides is 1. The highest BCUT2D eigenvalue weighted by molar-refractivity contribution is 7.13. The molecule has 1 fully saturated rings. The number of nitrogens with zero attached hydrogens (tertiary/aromatic N) is 1. The lowest BCUT2D eigenvalue weighted by Gasteiger charge is -2.26. The molecule has 0 spiro atoms. The second kappa shape index (κ2) is 8.51. The highest BCUT2D eigenvalue weighted by Crippen LogP contribution is 2.33. The molecule has 1 aromatic heterocycles. The number of nitrogens with one attached hydrogen (secondary N) is 1. The van der Waals surface area contributed by atoms with E-state index >= 15 is 0 Å². The normalized spacial score (nSPS) is 19.8. The standard InChI is InChI=1S/C19H25N3O3S/c1-24-16-8-3-12(9-17(16)25-2)19-22-15(11-26-19)10-18(23)21-14-6-4-13(20)5-7-14/h3,8-9,11,13-14H,4-7,10,20H2,1-2H3,(H,21,23). The second-order valence-electron chi connectivity index (χ2n) is 6.57. The maximum absolute atomic E-state index is 12.3. The predicted octanol–water partition coefficient (Wildman–Crippen LogP) is 2.76. The smallest absolute Gasteiger partial charge is 0.226 e. The van der Waals surface area contributed by atoms with E-state index in [1.54, 1.807) is 14.2 Å². The van der Waals surface area contributed by atoms with Crippen molar-refractivity contribution in [1.29, 1.82) is 0 Å². The van der Waals surface area contributed by atoms with Crippen LogP contribution >= 0.6 is 11.3 Å². The molecule has 0 atom stereocenters. The zero-order chi connectivity index (χ0) is 18.5. The molecular weight excluding hydrogens is 350 g/mol. The van der Waals surface area contributed by atoms with Crippen LogP contribution in [-0.2, 0) is 11.2 Å². The maximum Gasteiger partial charge on any atom is 0.226 e. The van der Waals surface area contributed by atoms with Crippen molar-refractivity contribution in [3.8, 4) is 22.1 Å². The summed E-state index contributed by atoms with van der Waals surface area (Å²) in [5.41, 5.74) is 7.64. The lowest BCUT2D eigenvalue weighted by molar-refractivity contribution is -0.121. The highest BCUT2D eigenvalue weighted by atomic mass is 32.1. The van der Waals surface area contributed by atoms with Crippen LogP contribution in [0, 0.1) is 0 Å². The molecule has 140 valence electrons. The van der Waals surface area contributed by atoms with E-state index in [1.807, 2.05) is 23.6 Å². The fraction of sp³-hybridized carbons (Fsp3) is 0.474. The zero-order valence-electron chi connectivity index (χ0n) is 15.2. The number of benzene rings is 1. The first kappa shape index (κ1) is 18.7. The Bertz CT molecular complexity index is 754. The Labute approximate surface area is 157 Å². The number of aromatic nitrogens is 1. The fourth-order valence-electron chi connectivity index (χ4n) is 3.20. The van der Waals surface area contributed by atoms with Crippen molar-refractivity contribution in [2.45, 2.75) is 44.2 Å². The van der Waals surface area contributed by atoms with E-state index in [0.29, 0.717) is 17.9 Å². The lowest BCUT2D eigenvalue weighted by Crippen LogP contribution is -2.41. The topological polar surface area (TPSA) is 86.5 Å². The van der Waals surface area contributed by atoms with Gasteiger partial charge in [0.25, 0.3) is 0 Å². The molecule has 0 saturated heterocycles. The average Bonchev–Trinajstić information content (AvgIpc) is 3.11. The first-order valence-corrected chi connectivity index (χ1v) is 9.68. The molecule has 3 N–H and O–H groups in total. The Hall–Kier alpha value is -2.12. The van der Waals surface area contributed by atoms with Crippen molar-refractivity contribution < 1.29 is 14.3 Å². The minimum Gasteiger partial charge on any atom is -0.493 e. The molecule has 1 aliphatic carbocycles. The summed E-state index contributed by atoms with van der Waals surface area (Å²) in [6.07, 6.45) is 4.17. The highest BCUT2D eigenvalue weighted by Gasteiger charge is 2.20. The van der Waals surface area contributed by atoms with Gasteiger partial charge >= 0.3 is 0 Å². The third-order valence-electron chi connectivity index (χ3n) is 4.66. The van der Waals surface area contributed by atoms with E-state index in [4.69, 9.17) is 15.2 Å². The van der Waals surface area contributed by atoms with E-state index in [1.165, 1.54) is 11.3 Å². The number of carbonyl (C=O) groups excluding carboxylic acids is 1. The van der Waals surface area contributed by atoms with Crippen molar-refractivity contribution in [3.05, 3.63) is 29.3 Å². The van der Waals surface area contributed by atoms with Crippen LogP contribution in [-0.4, -0.2) is 37.2 Å². The zero-order valence-corrected chi connectivity index (χ0v) is 16.0. The number of nitrogens with two attached hydrogens (primary N) is 1. The van der Waals surface area contributed by atoms with Crippen LogP contribution < -0.4 is 20.5 Å². The van der Waals surface area contributed by atoms with Gasteiger partial charge < -0.3 is 20.5 Å². The van der Waals surface area contributed by atoms with Crippen molar-refractivity contribution in [2.24, 2.45) is 5.73 Å². The van der Waals surface area contributed by atoms with Gasteiger partial charge in [0.2, 0.25) is 5.91 Å². The van der Waals surface area contributed by atoms with Gasteiger partial charge in [0, 0.05) is 23.0 Å². The van der Waals surface area contributed by atoms with Crippen LogP contribution in [0.25, 0.3) is 10.6 Å². The Kier molecular flexibility index (Phi) is 6.11. The maximum atomic E-state index is 12.3. The van der Waals surface area contributed by atoms with Gasteiger partial charge in [-0.15, -0.1) is 11.3 Å². The van der Waals surface area contributed by atoms with Crippen molar-refractivity contribution in [3.63, 3.8) is 0 Å². The molecular formula is C19H25N3O3S. The monoisotopic (exact) mass is 375 g/mol. The second-order valence-corrected chi connectivity index (χ2v) is 7.43. The molecule has 0 bridgehead atoms. The molecule has 3 rings (SSSR count). The summed E-state index contributed by atoms with van der Waals surface area (Å²) in [7, 11) is 3.22. The summed E-state index contributed by atoms with van der Waals surface area (Å²) in [5.74, 6) is 1.37. The van der Waals surface area contributed by atoms with E-state index in [2.05, 4.69) is 10.3 Å². The average molecular weight is 375 g/mol. The Morgan fingerprint density at radius 1 is 1.23 bits per heavy atom. The summed E-state index contributed by atoms with van der Waals surface area (Å²) in [6.45, 7) is 0. The number of methoxy groups -OCH3 is 2. The summed E-state index contributed by atoms with van der Waals surface area (Å²) in [5, 5.41) is 5.90. The molecule has 0 radical (unpaired) electrons. The summed E-state index contributed by atoms with van der Waals surface area (Å²) in [6, 6.07) is 6.22. The molecule has 2 aromatic rings. The molecule has 1 aromatic carbocycles. The van der Waals surface area contributed by atoms with Gasteiger partial charge in [0.1, 0.15) is 5.01 Å². The number of carbonyl (C=O) groups is 1. The minimum absolute atomic E-state index is 0.0228. The van der Waals surface area contributed by atoms with Gasteiger partial charge in [-0.1, -0.05) is 0 Å². The Morgan fingerprint density at radius 3 is 2.65 bits per heavy atom. The Morgan fingerprint density at radius 2 is 1.96 bits per heavy atom. The number of ether oxygens (including phenoxy) is 2. The van der Waals surface area contributed by atoms with Crippen LogP contribution in [0.1, 0.15) is 31.4 Å². The molecule has 26 heavy (non-hydrogen) atoms. The van der Waals surface area contributed by atoms with Crippen LogP contribution in [0.4, 0.5) is 0 Å². The summed E-state index contributed by atoms with van der Waals surface area (Å²) < 4.78 is 10.6. The molecule has 1 aliphatic rings. The molecule has 7 heteroatoms. The number of hydrogen-bond donors (Lipinski definition) is 2. The largest absolute Gasteiger partial charge is 0.493 e. The molecule has 1 heterocycles. The quantitative estimate of drug-likeness (QED) is 0.811. The van der Waals surface area contributed by atoms with E-state index in [0.717, 1.165) is 41.9 Å². The van der Waals surface area contributed by atoms with Gasteiger partial charge in [-0.3, -0.25) is 4.79 Å². The van der Waals surface area contributed by atoms with E-state index in [-0.39, 0.29) is 18.0 Å². The summed E-state index contributed by atoms with van der Waals surface area (Å²) in [4.78, 5) is 16.9. The van der Waals surface area contributed by atoms with Crippen molar-refractivity contribution in [2.75, 3.05) is 14.2 Å². The third kappa shape index (κ3) is 4.53. The SMILES string of the molecule is COc1ccc(-c2nc(CC(=O)NC3CCC(N)CC3)cs2)cc1OC. The molecule has 0 unspecified atom stereocenters. The van der Waals surface area contributed by atoms with Crippen LogP contribution in [0.5, 0.6) is 11.5 Å². The van der Waals surface area contributed by atoms with E-state index in [9.17, 15) is 4.79 Å². The lowest BCUT2D eigenvalue weighted by atomic mass is 9.92. The van der Waals surface area contributed by atoms with Gasteiger partial charge in [-0.05, 0) is 43.9 Å². The molecule has 0 aliphatic heterocycles.